The van der Waals surface area contributed by atoms with Crippen molar-refractivity contribution in [2.24, 2.45) is 0 Å². The molecule has 9 heteroatoms. The lowest BCUT2D eigenvalue weighted by Crippen LogP contribution is -2.49. The van der Waals surface area contributed by atoms with Crippen LogP contribution in [-0.2, 0) is 10.0 Å². The van der Waals surface area contributed by atoms with Crippen LogP contribution in [0.4, 0.5) is 11.5 Å². The SMILES string of the molecule is Cc1cccc(NS(=O)(=O)c2ccc(C(=O)N3CCN(c4cccc(Cl)n4)CC3)cc2)c1C. The van der Waals surface area contributed by atoms with E-state index in [0.717, 1.165) is 16.9 Å². The van der Waals surface area contributed by atoms with Crippen molar-refractivity contribution in [2.45, 2.75) is 18.7 Å². The molecular weight excluding hydrogens is 460 g/mol. The van der Waals surface area contributed by atoms with Crippen LogP contribution in [0.5, 0.6) is 0 Å². The van der Waals surface area contributed by atoms with Crippen LogP contribution in [0.25, 0.3) is 0 Å². The lowest BCUT2D eigenvalue weighted by atomic mass is 10.1. The Morgan fingerprint density at radius 2 is 1.61 bits per heavy atom. The summed E-state index contributed by atoms with van der Waals surface area (Å²) >= 11 is 5.98. The van der Waals surface area contributed by atoms with Gasteiger partial charge in [-0.15, -0.1) is 0 Å². The zero-order valence-electron chi connectivity index (χ0n) is 18.5. The van der Waals surface area contributed by atoms with E-state index in [9.17, 15) is 13.2 Å². The molecule has 0 bridgehead atoms. The van der Waals surface area contributed by atoms with Gasteiger partial charge in [-0.2, -0.15) is 0 Å². The number of rotatable bonds is 5. The number of benzene rings is 2. The maximum Gasteiger partial charge on any atom is 0.261 e. The number of sulfonamides is 1. The Morgan fingerprint density at radius 1 is 0.939 bits per heavy atom. The van der Waals surface area contributed by atoms with E-state index in [1.165, 1.54) is 12.1 Å². The molecule has 0 unspecified atom stereocenters. The maximum atomic E-state index is 12.9. The zero-order valence-corrected chi connectivity index (χ0v) is 20.0. The summed E-state index contributed by atoms with van der Waals surface area (Å²) in [4.78, 5) is 21.2. The second-order valence-corrected chi connectivity index (χ2v) is 10.0. The molecule has 7 nitrogen and oxygen atoms in total. The Bertz CT molecular complexity index is 1270. The topological polar surface area (TPSA) is 82.6 Å². The van der Waals surface area contributed by atoms with Crippen molar-refractivity contribution in [2.75, 3.05) is 35.8 Å². The minimum Gasteiger partial charge on any atom is -0.353 e. The van der Waals surface area contributed by atoms with Crippen molar-refractivity contribution in [3.8, 4) is 0 Å². The summed E-state index contributed by atoms with van der Waals surface area (Å²) in [5, 5.41) is 0.438. The van der Waals surface area contributed by atoms with Gasteiger partial charge in [-0.05, 0) is 67.4 Å². The summed E-state index contributed by atoms with van der Waals surface area (Å²) in [6.45, 7) is 6.18. The molecule has 0 aliphatic carbocycles. The number of piperazine rings is 1. The molecule has 0 spiro atoms. The maximum absolute atomic E-state index is 12.9. The number of amides is 1. The third kappa shape index (κ3) is 5.12. The van der Waals surface area contributed by atoms with Crippen LogP contribution in [-0.4, -0.2) is 50.4 Å². The molecule has 0 radical (unpaired) electrons. The zero-order chi connectivity index (χ0) is 23.6. The van der Waals surface area contributed by atoms with Gasteiger partial charge in [0.25, 0.3) is 15.9 Å². The minimum absolute atomic E-state index is 0.108. The predicted octanol–water partition coefficient (Wildman–Crippen LogP) is 4.12. The van der Waals surface area contributed by atoms with E-state index < -0.39 is 10.0 Å². The van der Waals surface area contributed by atoms with Gasteiger partial charge in [0.15, 0.2) is 0 Å². The number of aromatic nitrogens is 1. The van der Waals surface area contributed by atoms with Crippen molar-refractivity contribution in [3.05, 3.63) is 82.5 Å². The number of hydrogen-bond donors (Lipinski definition) is 1. The largest absolute Gasteiger partial charge is 0.353 e. The van der Waals surface area contributed by atoms with Crippen molar-refractivity contribution < 1.29 is 13.2 Å². The van der Waals surface area contributed by atoms with Gasteiger partial charge >= 0.3 is 0 Å². The number of carbonyl (C=O) groups excluding carboxylic acids is 1. The first-order valence-corrected chi connectivity index (χ1v) is 12.5. The van der Waals surface area contributed by atoms with E-state index in [2.05, 4.69) is 14.6 Å². The third-order valence-corrected chi connectivity index (χ3v) is 7.44. The standard InChI is InChI=1S/C24H25ClN4O3S/c1-17-5-3-6-21(18(17)2)27-33(31,32)20-11-9-19(10-12-20)24(30)29-15-13-28(14-16-29)23-8-4-7-22(25)26-23/h3-12,27H,13-16H2,1-2H3. The Balaban J connectivity index is 1.41. The molecule has 1 aromatic heterocycles. The fourth-order valence-corrected chi connectivity index (χ4v) is 5.02. The molecule has 1 aliphatic heterocycles. The molecule has 2 heterocycles. The van der Waals surface area contributed by atoms with E-state index in [0.29, 0.717) is 42.6 Å². The van der Waals surface area contributed by atoms with E-state index in [1.807, 2.05) is 38.1 Å². The number of pyridine rings is 1. The molecule has 33 heavy (non-hydrogen) atoms. The summed E-state index contributed by atoms with van der Waals surface area (Å²) in [7, 11) is -3.76. The fraction of sp³-hybridized carbons (Fsp3) is 0.250. The first-order chi connectivity index (χ1) is 15.7. The summed E-state index contributed by atoms with van der Waals surface area (Å²) in [6, 6.07) is 17.0. The van der Waals surface area contributed by atoms with Crippen LogP contribution in [0.1, 0.15) is 21.5 Å². The van der Waals surface area contributed by atoms with Gasteiger partial charge in [-0.25, -0.2) is 13.4 Å². The van der Waals surface area contributed by atoms with Crippen molar-refractivity contribution in [3.63, 3.8) is 0 Å². The average Bonchev–Trinajstić information content (AvgIpc) is 2.82. The Hall–Kier alpha value is -3.10. The van der Waals surface area contributed by atoms with Crippen molar-refractivity contribution in [1.29, 1.82) is 0 Å². The van der Waals surface area contributed by atoms with Gasteiger partial charge in [-0.3, -0.25) is 9.52 Å². The highest BCUT2D eigenvalue weighted by molar-refractivity contribution is 7.92. The third-order valence-electron chi connectivity index (χ3n) is 5.85. The van der Waals surface area contributed by atoms with E-state index in [4.69, 9.17) is 11.6 Å². The molecular formula is C24H25ClN4O3S. The average molecular weight is 485 g/mol. The van der Waals surface area contributed by atoms with E-state index in [1.54, 1.807) is 29.2 Å². The summed E-state index contributed by atoms with van der Waals surface area (Å²) < 4.78 is 28.3. The van der Waals surface area contributed by atoms with Crippen LogP contribution in [0, 0.1) is 13.8 Å². The van der Waals surface area contributed by atoms with Gasteiger partial charge in [-0.1, -0.05) is 29.8 Å². The second-order valence-electron chi connectivity index (χ2n) is 7.98. The molecule has 3 aromatic rings. The van der Waals surface area contributed by atoms with Crippen LogP contribution >= 0.6 is 11.6 Å². The molecule has 1 amide bonds. The molecule has 1 fully saturated rings. The van der Waals surface area contributed by atoms with E-state index in [-0.39, 0.29) is 10.8 Å². The Morgan fingerprint density at radius 3 is 2.27 bits per heavy atom. The lowest BCUT2D eigenvalue weighted by Gasteiger charge is -2.35. The normalized spacial score (nSPS) is 14.3. The molecule has 1 N–H and O–H groups in total. The fourth-order valence-electron chi connectivity index (χ4n) is 3.74. The first kappa shape index (κ1) is 23.1. The van der Waals surface area contributed by atoms with Gasteiger partial charge < -0.3 is 9.80 Å². The quantitative estimate of drug-likeness (QED) is 0.551. The highest BCUT2D eigenvalue weighted by Crippen LogP contribution is 2.23. The smallest absolute Gasteiger partial charge is 0.261 e. The molecule has 0 atom stereocenters. The number of aryl methyl sites for hydroxylation is 1. The monoisotopic (exact) mass is 484 g/mol. The Labute approximate surface area is 199 Å². The van der Waals surface area contributed by atoms with Gasteiger partial charge in [0.05, 0.1) is 10.6 Å². The van der Waals surface area contributed by atoms with Crippen LogP contribution in [0.3, 0.4) is 0 Å². The molecule has 1 saturated heterocycles. The summed E-state index contributed by atoms with van der Waals surface area (Å²) in [5.74, 6) is 0.667. The van der Waals surface area contributed by atoms with Gasteiger partial charge in [0.1, 0.15) is 11.0 Å². The number of nitrogens with zero attached hydrogens (tertiary/aromatic N) is 3. The highest BCUT2D eigenvalue weighted by atomic mass is 35.5. The van der Waals surface area contributed by atoms with Gasteiger partial charge in [0.2, 0.25) is 0 Å². The lowest BCUT2D eigenvalue weighted by molar-refractivity contribution is 0.0746. The summed E-state index contributed by atoms with van der Waals surface area (Å²) in [6.07, 6.45) is 0. The molecule has 1 aliphatic rings. The molecule has 172 valence electrons. The van der Waals surface area contributed by atoms with Crippen molar-refractivity contribution >= 4 is 39.0 Å². The highest BCUT2D eigenvalue weighted by Gasteiger charge is 2.24. The van der Waals surface area contributed by atoms with Crippen LogP contribution in [0.15, 0.2) is 65.6 Å². The summed E-state index contributed by atoms with van der Waals surface area (Å²) in [5.41, 5.74) is 2.87. The first-order valence-electron chi connectivity index (χ1n) is 10.6. The number of nitrogens with one attached hydrogen (secondary N) is 1. The number of halogens is 1. The predicted molar refractivity (Wildman–Crippen MR) is 131 cm³/mol. The number of carbonyl (C=O) groups is 1. The second kappa shape index (κ2) is 9.41. The minimum atomic E-state index is -3.76. The molecule has 2 aromatic carbocycles. The van der Waals surface area contributed by atoms with Gasteiger partial charge in [0, 0.05) is 31.7 Å². The van der Waals surface area contributed by atoms with Crippen LogP contribution in [0.2, 0.25) is 5.15 Å². The number of anilines is 2. The number of hydrogen-bond acceptors (Lipinski definition) is 5. The molecule has 4 rings (SSSR count). The van der Waals surface area contributed by atoms with E-state index >= 15 is 0 Å². The van der Waals surface area contributed by atoms with Crippen molar-refractivity contribution in [1.82, 2.24) is 9.88 Å². The molecule has 0 saturated carbocycles. The van der Waals surface area contributed by atoms with Crippen LogP contribution < -0.4 is 9.62 Å². The Kier molecular flexibility index (Phi) is 6.58.